The number of benzene rings is 1. The van der Waals surface area contributed by atoms with Crippen molar-refractivity contribution in [1.82, 2.24) is 9.71 Å². The molecule has 0 radical (unpaired) electrons. The molecule has 0 fully saturated rings. The normalized spacial score (nSPS) is 12.8. The Balaban J connectivity index is 2.19. The molecule has 1 aromatic carbocycles. The number of amides is 1. The summed E-state index contributed by atoms with van der Waals surface area (Å²) in [6, 6.07) is 7.13. The zero-order valence-electron chi connectivity index (χ0n) is 12.9. The second-order valence-corrected chi connectivity index (χ2v) is 9.27. The number of carbonyl (C=O) groups excluding carboxylic acids is 1. The molecule has 0 spiro atoms. The minimum Gasteiger partial charge on any atom is -0.268 e. The highest BCUT2D eigenvalue weighted by Crippen LogP contribution is 2.15. The van der Waals surface area contributed by atoms with E-state index >= 15 is 0 Å². The Bertz CT molecular complexity index is 881. The van der Waals surface area contributed by atoms with Crippen LogP contribution in [0.15, 0.2) is 52.5 Å². The van der Waals surface area contributed by atoms with E-state index in [2.05, 4.69) is 4.98 Å². The molecule has 0 saturated heterocycles. The van der Waals surface area contributed by atoms with E-state index in [1.807, 2.05) is 18.6 Å². The molecule has 1 N–H and O–H groups in total. The molecule has 128 valence electrons. The number of pyridine rings is 1. The maximum atomic E-state index is 12.2. The van der Waals surface area contributed by atoms with Gasteiger partial charge in [-0.05, 0) is 30.3 Å². The fourth-order valence-electron chi connectivity index (χ4n) is 1.79. The Kier molecular flexibility index (Phi) is 5.74. The topological polar surface area (TPSA) is 93.2 Å². The van der Waals surface area contributed by atoms with Crippen LogP contribution in [-0.4, -0.2) is 28.8 Å². The lowest BCUT2D eigenvalue weighted by molar-refractivity contribution is 0.0981. The van der Waals surface area contributed by atoms with Gasteiger partial charge >= 0.3 is 0 Å². The summed E-state index contributed by atoms with van der Waals surface area (Å²) >= 11 is 5.71. The summed E-state index contributed by atoms with van der Waals surface area (Å²) in [7, 11) is -5.26. The van der Waals surface area contributed by atoms with Crippen LogP contribution in [-0.2, 0) is 20.8 Å². The maximum Gasteiger partial charge on any atom is 0.265 e. The van der Waals surface area contributed by atoms with Crippen molar-refractivity contribution in [2.45, 2.75) is 28.9 Å². The van der Waals surface area contributed by atoms with E-state index in [1.54, 1.807) is 12.1 Å². The number of rotatable bonds is 5. The number of sulfonamides is 1. The molecule has 0 unspecified atom stereocenters. The molecule has 0 saturated carbocycles. The summed E-state index contributed by atoms with van der Waals surface area (Å²) < 4.78 is 38.2. The van der Waals surface area contributed by atoms with Crippen LogP contribution in [0.1, 0.15) is 24.2 Å². The van der Waals surface area contributed by atoms with Crippen molar-refractivity contribution < 1.29 is 17.4 Å². The van der Waals surface area contributed by atoms with Crippen molar-refractivity contribution >= 4 is 38.3 Å². The van der Waals surface area contributed by atoms with Gasteiger partial charge in [0.05, 0.1) is 15.8 Å². The van der Waals surface area contributed by atoms with Gasteiger partial charge in [0.2, 0.25) is 0 Å². The summed E-state index contributed by atoms with van der Waals surface area (Å²) in [5.41, 5.74) is 0.137. The number of hydrogen-bond acceptors (Lipinski definition) is 5. The van der Waals surface area contributed by atoms with E-state index in [1.165, 1.54) is 24.4 Å². The van der Waals surface area contributed by atoms with E-state index in [4.69, 9.17) is 11.6 Å². The minimum atomic E-state index is -4.08. The lowest BCUT2D eigenvalue weighted by atomic mass is 10.2. The van der Waals surface area contributed by atoms with E-state index in [9.17, 15) is 17.4 Å². The Morgan fingerprint density at radius 3 is 2.38 bits per heavy atom. The van der Waals surface area contributed by atoms with Crippen molar-refractivity contribution in [2.75, 3.05) is 0 Å². The van der Waals surface area contributed by atoms with Crippen LogP contribution >= 0.6 is 11.6 Å². The lowest BCUT2D eigenvalue weighted by Crippen LogP contribution is -2.30. The average Bonchev–Trinajstić information content (AvgIpc) is 2.53. The fraction of sp³-hybridized carbons (Fsp3) is 0.200. The second-order valence-electron chi connectivity index (χ2n) is 5.14. The number of nitrogens with one attached hydrogen (secondary N) is 1. The van der Waals surface area contributed by atoms with Crippen molar-refractivity contribution in [3.05, 3.63) is 53.3 Å². The van der Waals surface area contributed by atoms with Gasteiger partial charge in [-0.15, -0.1) is 0 Å². The van der Waals surface area contributed by atoms with E-state index in [-0.39, 0.29) is 20.7 Å². The highest BCUT2D eigenvalue weighted by atomic mass is 35.5. The number of aromatic nitrogens is 1. The van der Waals surface area contributed by atoms with Crippen LogP contribution in [0.2, 0.25) is 5.02 Å². The van der Waals surface area contributed by atoms with Crippen LogP contribution in [0.4, 0.5) is 0 Å². The third-order valence-corrected chi connectivity index (χ3v) is 6.09. The average molecular weight is 387 g/mol. The molecule has 2 aromatic rings. The van der Waals surface area contributed by atoms with Gasteiger partial charge < -0.3 is 0 Å². The maximum absolute atomic E-state index is 12.2. The first kappa shape index (κ1) is 18.6. The molecule has 6 nitrogen and oxygen atoms in total. The van der Waals surface area contributed by atoms with Crippen molar-refractivity contribution in [3.8, 4) is 0 Å². The molecular formula is C15H15ClN2O4S2. The highest BCUT2D eigenvalue weighted by Gasteiger charge is 2.20. The Hall–Kier alpha value is -1.77. The molecule has 0 bridgehead atoms. The molecule has 0 aliphatic heterocycles. The largest absolute Gasteiger partial charge is 0.268 e. The molecule has 2 rings (SSSR count). The van der Waals surface area contributed by atoms with Gasteiger partial charge in [0.1, 0.15) is 4.90 Å². The molecular weight excluding hydrogens is 372 g/mol. The van der Waals surface area contributed by atoms with Gasteiger partial charge in [-0.1, -0.05) is 25.4 Å². The summed E-state index contributed by atoms with van der Waals surface area (Å²) in [4.78, 5) is 16.2. The molecule has 1 aromatic heterocycles. The standard InChI is InChI=1S/C15H15ClN2O4S2/c1-10(2)23(20)13-5-3-11(4-6-13)15(19)18-24(21,22)14-7-12(16)8-17-9-14/h3-10H,1-2H3,(H,18,19)/t23-/m1/s1. The molecule has 1 atom stereocenters. The SMILES string of the molecule is CC(C)[S@@](=O)c1ccc(C(=O)NS(=O)(=O)c2cncc(Cl)c2)cc1. The van der Waals surface area contributed by atoms with Crippen LogP contribution < -0.4 is 4.72 Å². The van der Waals surface area contributed by atoms with E-state index < -0.39 is 26.7 Å². The van der Waals surface area contributed by atoms with Gasteiger partial charge in [0, 0.05) is 28.1 Å². The lowest BCUT2D eigenvalue weighted by Gasteiger charge is -2.08. The molecule has 0 aliphatic rings. The first-order valence-corrected chi connectivity index (χ1v) is 9.96. The van der Waals surface area contributed by atoms with Gasteiger partial charge in [0.25, 0.3) is 15.9 Å². The van der Waals surface area contributed by atoms with Crippen LogP contribution in [0.3, 0.4) is 0 Å². The number of nitrogens with zero attached hydrogens (tertiary/aromatic N) is 1. The van der Waals surface area contributed by atoms with Gasteiger partial charge in [0.15, 0.2) is 0 Å². The third-order valence-electron chi connectivity index (χ3n) is 2.99. The Labute approximate surface area is 147 Å². The van der Waals surface area contributed by atoms with Crippen molar-refractivity contribution in [3.63, 3.8) is 0 Å². The minimum absolute atomic E-state index is 0.0552. The summed E-state index contributed by atoms with van der Waals surface area (Å²) in [5.74, 6) is -0.795. The zero-order valence-corrected chi connectivity index (χ0v) is 15.3. The smallest absolute Gasteiger partial charge is 0.265 e. The predicted molar refractivity (Wildman–Crippen MR) is 91.9 cm³/mol. The highest BCUT2D eigenvalue weighted by molar-refractivity contribution is 7.90. The van der Waals surface area contributed by atoms with Crippen molar-refractivity contribution in [1.29, 1.82) is 0 Å². The third kappa shape index (κ3) is 4.40. The first-order valence-electron chi connectivity index (χ1n) is 6.89. The van der Waals surface area contributed by atoms with Gasteiger partial charge in [-0.2, -0.15) is 0 Å². The quantitative estimate of drug-likeness (QED) is 0.851. The number of hydrogen-bond donors (Lipinski definition) is 1. The second kappa shape index (κ2) is 7.42. The Morgan fingerprint density at radius 1 is 1.21 bits per heavy atom. The summed E-state index contributed by atoms with van der Waals surface area (Å²) in [6.45, 7) is 3.64. The molecule has 1 amide bonds. The first-order chi connectivity index (χ1) is 11.2. The van der Waals surface area contributed by atoms with Crippen LogP contribution in [0, 0.1) is 0 Å². The summed E-state index contributed by atoms with van der Waals surface area (Å²) in [6.07, 6.45) is 2.38. The molecule has 0 aliphatic carbocycles. The van der Waals surface area contributed by atoms with Crippen LogP contribution in [0.5, 0.6) is 0 Å². The van der Waals surface area contributed by atoms with Gasteiger partial charge in [-0.25, -0.2) is 13.1 Å². The van der Waals surface area contributed by atoms with E-state index in [0.29, 0.717) is 4.90 Å². The van der Waals surface area contributed by atoms with Gasteiger partial charge in [-0.3, -0.25) is 14.0 Å². The monoisotopic (exact) mass is 386 g/mol. The van der Waals surface area contributed by atoms with E-state index in [0.717, 1.165) is 6.20 Å². The molecule has 1 heterocycles. The predicted octanol–water partition coefficient (Wildman–Crippen LogP) is 2.37. The summed E-state index contributed by atoms with van der Waals surface area (Å²) in [5, 5.41) is 0.0891. The van der Waals surface area contributed by atoms with Crippen molar-refractivity contribution in [2.24, 2.45) is 0 Å². The Morgan fingerprint density at radius 2 is 1.83 bits per heavy atom. The zero-order chi connectivity index (χ0) is 17.9. The fourth-order valence-corrected chi connectivity index (χ4v) is 3.94. The number of halogens is 1. The van der Waals surface area contributed by atoms with Crippen LogP contribution in [0.25, 0.3) is 0 Å². The number of carbonyl (C=O) groups is 1. The molecule has 9 heteroatoms. The molecule has 24 heavy (non-hydrogen) atoms.